The monoisotopic (exact) mass is 513 g/mol. The van der Waals surface area contributed by atoms with Crippen molar-refractivity contribution in [3.63, 3.8) is 0 Å². The van der Waals surface area contributed by atoms with Gasteiger partial charge in [-0.15, -0.1) is 0 Å². The van der Waals surface area contributed by atoms with Crippen LogP contribution in [0.3, 0.4) is 0 Å². The average Bonchev–Trinajstić information content (AvgIpc) is 2.86. The van der Waals surface area contributed by atoms with Crippen molar-refractivity contribution in [2.24, 2.45) is 5.92 Å². The van der Waals surface area contributed by atoms with Gasteiger partial charge in [0.2, 0.25) is 5.91 Å². The Morgan fingerprint density at radius 1 is 1.17 bits per heavy atom. The Kier molecular flexibility index (Phi) is 9.81. The number of hydrogen-bond donors (Lipinski definition) is 1. The van der Waals surface area contributed by atoms with E-state index in [0.717, 1.165) is 30.4 Å². The van der Waals surface area contributed by atoms with Gasteiger partial charge in [-0.25, -0.2) is 4.98 Å². The molecular formula is C27H32ClN3O3S. The lowest BCUT2D eigenvalue weighted by molar-refractivity contribution is -0.118. The highest BCUT2D eigenvalue weighted by Gasteiger charge is 2.25. The molecule has 3 aromatic rings. The van der Waals surface area contributed by atoms with E-state index in [2.05, 4.69) is 29.1 Å². The van der Waals surface area contributed by atoms with Gasteiger partial charge < -0.3 is 10.1 Å². The molecule has 1 amide bonds. The Hall–Kier alpha value is -2.77. The van der Waals surface area contributed by atoms with Gasteiger partial charge >= 0.3 is 0 Å². The molecule has 0 fully saturated rings. The van der Waals surface area contributed by atoms with Crippen LogP contribution in [-0.2, 0) is 15.6 Å². The number of nitrogens with one attached hydrogen (secondary N) is 1. The Labute approximate surface area is 215 Å². The molecule has 1 aromatic heterocycles. The van der Waals surface area contributed by atoms with E-state index >= 15 is 0 Å². The number of anilines is 1. The third-order valence-corrected chi connectivity index (χ3v) is 7.36. The maximum Gasteiger partial charge on any atom is 0.233 e. The zero-order chi connectivity index (χ0) is 25.4. The lowest BCUT2D eigenvalue weighted by atomic mass is 9.86. The lowest BCUT2D eigenvalue weighted by Crippen LogP contribution is -2.24. The molecule has 186 valence electrons. The minimum absolute atomic E-state index is 0.172. The molecule has 0 aliphatic carbocycles. The van der Waals surface area contributed by atoms with Gasteiger partial charge in [-0.3, -0.25) is 14.0 Å². The predicted octanol–water partition coefficient (Wildman–Crippen LogP) is 6.48. The van der Waals surface area contributed by atoms with Gasteiger partial charge in [-0.1, -0.05) is 62.9 Å². The number of halogens is 1. The van der Waals surface area contributed by atoms with Crippen LogP contribution in [0.5, 0.6) is 5.75 Å². The van der Waals surface area contributed by atoms with Crippen LogP contribution in [0.1, 0.15) is 51.0 Å². The third kappa shape index (κ3) is 7.12. The Morgan fingerprint density at radius 3 is 2.57 bits per heavy atom. The van der Waals surface area contributed by atoms with Crippen molar-refractivity contribution in [3.8, 4) is 17.0 Å². The maximum absolute atomic E-state index is 13.4. The molecule has 2 aromatic carbocycles. The number of benzene rings is 2. The number of carbonyl (C=O) groups excluding carboxylic acids is 1. The highest BCUT2D eigenvalue weighted by Crippen LogP contribution is 2.32. The quantitative estimate of drug-likeness (QED) is 0.317. The second kappa shape index (κ2) is 12.8. The van der Waals surface area contributed by atoms with Crippen molar-refractivity contribution >= 4 is 34.1 Å². The molecule has 0 saturated heterocycles. The van der Waals surface area contributed by atoms with E-state index in [1.165, 1.54) is 0 Å². The fraction of sp³-hybridized carbons (Fsp3) is 0.370. The molecule has 1 N–H and O–H groups in total. The predicted molar refractivity (Wildman–Crippen MR) is 142 cm³/mol. The Bertz CT molecular complexity index is 1170. The summed E-state index contributed by atoms with van der Waals surface area (Å²) in [7, 11) is 0.411. The van der Waals surface area contributed by atoms with E-state index in [9.17, 15) is 9.00 Å². The second-order valence-corrected chi connectivity index (χ2v) is 10.4. The maximum atomic E-state index is 13.4. The van der Waals surface area contributed by atoms with E-state index in [4.69, 9.17) is 16.3 Å². The minimum Gasteiger partial charge on any atom is -0.496 e. The lowest BCUT2D eigenvalue weighted by Gasteiger charge is -2.21. The van der Waals surface area contributed by atoms with E-state index in [0.29, 0.717) is 39.5 Å². The standard InChI is InChI=1S/C27H32ClN3O3S/c1-5-6-9-18(2)14-21(19-12-13-25(35(4)33)22(28)15-19)27(32)31-26-17-29-23(16-30-26)20-10-7-8-11-24(20)34-3/h7-8,10-13,15-18,21H,5-6,9,14H2,1-4H3,(H,30,31,32). The van der Waals surface area contributed by atoms with Crippen LogP contribution in [0.2, 0.25) is 5.02 Å². The van der Waals surface area contributed by atoms with Gasteiger partial charge in [0.15, 0.2) is 5.82 Å². The molecule has 0 bridgehead atoms. The SMILES string of the molecule is CCCCC(C)CC(C(=O)Nc1cnc(-c2ccccc2OC)cn1)c1ccc(S(C)=O)c(Cl)c1. The van der Waals surface area contributed by atoms with Crippen LogP contribution >= 0.6 is 11.6 Å². The molecule has 6 nitrogen and oxygen atoms in total. The zero-order valence-corrected chi connectivity index (χ0v) is 22.2. The van der Waals surface area contributed by atoms with Crippen LogP contribution in [-0.4, -0.2) is 33.4 Å². The number of hydrogen-bond acceptors (Lipinski definition) is 5. The van der Waals surface area contributed by atoms with Crippen molar-refractivity contribution in [2.75, 3.05) is 18.7 Å². The van der Waals surface area contributed by atoms with Crippen molar-refractivity contribution in [1.29, 1.82) is 0 Å². The van der Waals surface area contributed by atoms with E-state index in [-0.39, 0.29) is 5.91 Å². The van der Waals surface area contributed by atoms with Crippen LogP contribution < -0.4 is 10.1 Å². The van der Waals surface area contributed by atoms with Gasteiger partial charge in [-0.2, -0.15) is 0 Å². The molecule has 1 heterocycles. The summed E-state index contributed by atoms with van der Waals surface area (Å²) in [5.41, 5.74) is 2.27. The first-order valence-corrected chi connectivity index (χ1v) is 13.7. The van der Waals surface area contributed by atoms with E-state index < -0.39 is 16.7 Å². The molecule has 0 spiro atoms. The van der Waals surface area contributed by atoms with Gasteiger partial charge in [0, 0.05) is 11.8 Å². The smallest absolute Gasteiger partial charge is 0.233 e. The van der Waals surface area contributed by atoms with Crippen LogP contribution in [0.4, 0.5) is 5.82 Å². The van der Waals surface area contributed by atoms with Crippen molar-refractivity contribution < 1.29 is 13.7 Å². The number of nitrogens with zero attached hydrogens (tertiary/aromatic N) is 2. The summed E-state index contributed by atoms with van der Waals surface area (Å²) in [4.78, 5) is 22.9. The number of para-hydroxylation sites is 1. The minimum atomic E-state index is -1.20. The largest absolute Gasteiger partial charge is 0.496 e. The fourth-order valence-electron chi connectivity index (χ4n) is 4.04. The summed E-state index contributed by atoms with van der Waals surface area (Å²) < 4.78 is 17.3. The molecule has 0 aliphatic rings. The Balaban J connectivity index is 1.83. The number of unbranched alkanes of at least 4 members (excludes halogenated alkanes) is 1. The molecule has 3 unspecified atom stereocenters. The van der Waals surface area contributed by atoms with Crippen LogP contribution in [0.15, 0.2) is 59.8 Å². The number of rotatable bonds is 11. The van der Waals surface area contributed by atoms with E-state index in [1.807, 2.05) is 30.3 Å². The first-order valence-electron chi connectivity index (χ1n) is 11.7. The number of carbonyl (C=O) groups is 1. The van der Waals surface area contributed by atoms with E-state index in [1.54, 1.807) is 37.9 Å². The van der Waals surface area contributed by atoms with Crippen molar-refractivity contribution in [3.05, 3.63) is 65.4 Å². The van der Waals surface area contributed by atoms with Crippen molar-refractivity contribution in [1.82, 2.24) is 9.97 Å². The topological polar surface area (TPSA) is 81.2 Å². The molecule has 0 aliphatic heterocycles. The summed E-state index contributed by atoms with van der Waals surface area (Å²) in [6, 6.07) is 12.9. The number of ether oxygens (including phenoxy) is 1. The normalized spacial score (nSPS) is 13.6. The molecule has 35 heavy (non-hydrogen) atoms. The molecule has 3 rings (SSSR count). The molecule has 8 heteroatoms. The van der Waals surface area contributed by atoms with Crippen LogP contribution in [0.25, 0.3) is 11.3 Å². The molecule has 0 radical (unpaired) electrons. The van der Waals surface area contributed by atoms with Gasteiger partial charge in [0.1, 0.15) is 5.75 Å². The highest BCUT2D eigenvalue weighted by atomic mass is 35.5. The second-order valence-electron chi connectivity index (χ2n) is 8.66. The number of amides is 1. The highest BCUT2D eigenvalue weighted by molar-refractivity contribution is 7.84. The number of methoxy groups -OCH3 is 1. The third-order valence-electron chi connectivity index (χ3n) is 5.96. The summed E-state index contributed by atoms with van der Waals surface area (Å²) in [6.45, 7) is 4.32. The van der Waals surface area contributed by atoms with Gasteiger partial charge in [0.05, 0.1) is 51.8 Å². The summed E-state index contributed by atoms with van der Waals surface area (Å²) >= 11 is 6.40. The average molecular weight is 514 g/mol. The first kappa shape index (κ1) is 26.8. The van der Waals surface area contributed by atoms with Crippen LogP contribution in [0, 0.1) is 5.92 Å². The molecule has 0 saturated carbocycles. The summed E-state index contributed by atoms with van der Waals surface area (Å²) in [5, 5.41) is 3.33. The molecule has 3 atom stereocenters. The van der Waals surface area contributed by atoms with Gasteiger partial charge in [0.25, 0.3) is 0 Å². The first-order chi connectivity index (χ1) is 16.8. The summed E-state index contributed by atoms with van der Waals surface area (Å²) in [6.07, 6.45) is 8.69. The van der Waals surface area contributed by atoms with Crippen molar-refractivity contribution in [2.45, 2.75) is 50.3 Å². The number of aromatic nitrogens is 2. The molecular weight excluding hydrogens is 482 g/mol. The summed E-state index contributed by atoms with van der Waals surface area (Å²) in [5.74, 6) is 0.831. The Morgan fingerprint density at radius 2 is 1.94 bits per heavy atom. The fourth-order valence-corrected chi connectivity index (χ4v) is 5.14. The van der Waals surface area contributed by atoms with Gasteiger partial charge in [-0.05, 0) is 42.2 Å². The zero-order valence-electron chi connectivity index (χ0n) is 20.6.